The number of rotatable bonds is 7. The SMILES string of the molecule is CC[C@@H]1[C@@H](Sc2ccc(C)cc2)[C@@H](C(=O)O)[C@H](c2cccc3ccccc23)N1S(=O)(=O)c1ccc(C)cc1. The van der Waals surface area contributed by atoms with Crippen molar-refractivity contribution in [3.63, 3.8) is 0 Å². The minimum absolute atomic E-state index is 0.178. The van der Waals surface area contributed by atoms with E-state index in [0.29, 0.717) is 6.42 Å². The van der Waals surface area contributed by atoms with Crippen molar-refractivity contribution in [2.45, 2.75) is 54.3 Å². The van der Waals surface area contributed by atoms with Crippen molar-refractivity contribution in [1.82, 2.24) is 4.31 Å². The smallest absolute Gasteiger partial charge is 0.309 e. The van der Waals surface area contributed by atoms with E-state index in [4.69, 9.17) is 0 Å². The number of hydrogen-bond acceptors (Lipinski definition) is 4. The van der Waals surface area contributed by atoms with Crippen molar-refractivity contribution in [3.8, 4) is 0 Å². The number of aryl methyl sites for hydroxylation is 2. The summed E-state index contributed by atoms with van der Waals surface area (Å²) in [5, 5.41) is 12.0. The lowest BCUT2D eigenvalue weighted by Crippen LogP contribution is -2.39. The molecule has 0 aromatic heterocycles. The lowest BCUT2D eigenvalue weighted by Gasteiger charge is -2.31. The molecule has 0 unspecified atom stereocenters. The first-order valence-corrected chi connectivity index (χ1v) is 15.1. The molecule has 5 nitrogen and oxygen atoms in total. The number of carboxylic acids is 1. The van der Waals surface area contributed by atoms with Gasteiger partial charge in [-0.05, 0) is 60.9 Å². The second-order valence-electron chi connectivity index (χ2n) is 9.90. The van der Waals surface area contributed by atoms with Crippen molar-refractivity contribution in [1.29, 1.82) is 0 Å². The van der Waals surface area contributed by atoms with E-state index in [-0.39, 0.29) is 4.90 Å². The lowest BCUT2D eigenvalue weighted by atomic mass is 9.90. The topological polar surface area (TPSA) is 74.7 Å². The van der Waals surface area contributed by atoms with Crippen LogP contribution in [0.3, 0.4) is 0 Å². The highest BCUT2D eigenvalue weighted by Crippen LogP contribution is 2.52. The highest BCUT2D eigenvalue weighted by atomic mass is 32.2. The molecular formula is C31H31NO4S2. The van der Waals surface area contributed by atoms with Crippen LogP contribution >= 0.6 is 11.8 Å². The molecule has 1 saturated heterocycles. The van der Waals surface area contributed by atoms with Gasteiger partial charge in [0, 0.05) is 16.2 Å². The second kappa shape index (κ2) is 10.6. The number of fused-ring (bicyclic) bond motifs is 1. The Morgan fingerprint density at radius 1 is 0.868 bits per heavy atom. The Kier molecular flexibility index (Phi) is 7.36. The normalized spacial score (nSPS) is 22.1. The van der Waals surface area contributed by atoms with Crippen LogP contribution in [0.2, 0.25) is 0 Å². The average Bonchev–Trinajstić information content (AvgIpc) is 3.24. The van der Waals surface area contributed by atoms with E-state index in [1.165, 1.54) is 16.1 Å². The maximum atomic E-state index is 14.4. The summed E-state index contributed by atoms with van der Waals surface area (Å²) in [6.07, 6.45) is 0.486. The molecule has 0 bridgehead atoms. The van der Waals surface area contributed by atoms with Crippen LogP contribution in [0.1, 0.15) is 36.1 Å². The van der Waals surface area contributed by atoms with Gasteiger partial charge in [0.1, 0.15) is 0 Å². The van der Waals surface area contributed by atoms with Gasteiger partial charge in [0.05, 0.1) is 16.9 Å². The largest absolute Gasteiger partial charge is 0.481 e. The number of aliphatic carboxylic acids is 1. The fraction of sp³-hybridized carbons (Fsp3) is 0.258. The maximum absolute atomic E-state index is 14.4. The zero-order chi connectivity index (χ0) is 27.0. The first-order chi connectivity index (χ1) is 18.2. The summed E-state index contributed by atoms with van der Waals surface area (Å²) in [4.78, 5) is 14.2. The third kappa shape index (κ3) is 4.75. The Morgan fingerprint density at radius 2 is 1.47 bits per heavy atom. The molecule has 0 aliphatic carbocycles. The van der Waals surface area contributed by atoms with E-state index in [0.717, 1.165) is 32.4 Å². The van der Waals surface area contributed by atoms with Crippen molar-refractivity contribution in [3.05, 3.63) is 108 Å². The van der Waals surface area contributed by atoms with E-state index in [2.05, 4.69) is 0 Å². The number of carbonyl (C=O) groups is 1. The third-order valence-corrected chi connectivity index (χ3v) is 10.8. The van der Waals surface area contributed by atoms with E-state index < -0.39 is 39.2 Å². The predicted octanol–water partition coefficient (Wildman–Crippen LogP) is 6.84. The molecule has 38 heavy (non-hydrogen) atoms. The Morgan fingerprint density at radius 3 is 2.11 bits per heavy atom. The van der Waals surface area contributed by atoms with Crippen LogP contribution in [0.4, 0.5) is 0 Å². The molecule has 7 heteroatoms. The summed E-state index contributed by atoms with van der Waals surface area (Å²) in [6.45, 7) is 5.86. The van der Waals surface area contributed by atoms with Crippen molar-refractivity contribution in [2.75, 3.05) is 0 Å². The van der Waals surface area contributed by atoms with E-state index in [1.807, 2.05) is 87.5 Å². The lowest BCUT2D eigenvalue weighted by molar-refractivity contribution is -0.142. The van der Waals surface area contributed by atoms with Crippen LogP contribution < -0.4 is 0 Å². The van der Waals surface area contributed by atoms with Crippen LogP contribution in [0, 0.1) is 19.8 Å². The van der Waals surface area contributed by atoms with Gasteiger partial charge >= 0.3 is 5.97 Å². The van der Waals surface area contributed by atoms with Gasteiger partial charge in [0.2, 0.25) is 10.0 Å². The van der Waals surface area contributed by atoms with Gasteiger partial charge in [-0.1, -0.05) is 84.8 Å². The van der Waals surface area contributed by atoms with Gasteiger partial charge in [-0.25, -0.2) is 8.42 Å². The second-order valence-corrected chi connectivity index (χ2v) is 13.0. The average molecular weight is 546 g/mol. The van der Waals surface area contributed by atoms with Crippen LogP contribution in [0.15, 0.2) is 101 Å². The molecule has 1 aliphatic heterocycles. The van der Waals surface area contributed by atoms with Crippen molar-refractivity contribution >= 4 is 38.5 Å². The standard InChI is InChI=1S/C31H31NO4S2/c1-4-27-30(37-23-16-12-20(2)13-17-23)28(31(33)34)29(26-11-7-9-22-8-5-6-10-25(22)26)32(27)38(35,36)24-18-14-21(3)15-19-24/h5-19,27-30H,4H2,1-3H3,(H,33,34)/t27-,28+,29+,30-/m1/s1. The molecule has 5 rings (SSSR count). The molecule has 1 heterocycles. The van der Waals surface area contributed by atoms with Crippen molar-refractivity contribution in [2.24, 2.45) is 5.92 Å². The Labute approximate surface area is 228 Å². The van der Waals surface area contributed by atoms with Gasteiger partial charge in [0.15, 0.2) is 0 Å². The van der Waals surface area contributed by atoms with Crippen molar-refractivity contribution < 1.29 is 18.3 Å². The number of hydrogen-bond donors (Lipinski definition) is 1. The van der Waals surface area contributed by atoms with E-state index >= 15 is 0 Å². The Bertz CT molecular complexity index is 1560. The number of nitrogens with zero attached hydrogens (tertiary/aromatic N) is 1. The minimum Gasteiger partial charge on any atom is -0.481 e. The van der Waals surface area contributed by atoms with Crippen LogP contribution in [-0.2, 0) is 14.8 Å². The summed E-state index contributed by atoms with van der Waals surface area (Å²) in [5.74, 6) is -1.94. The van der Waals surface area contributed by atoms with Gasteiger partial charge in [-0.3, -0.25) is 4.79 Å². The highest BCUT2D eigenvalue weighted by molar-refractivity contribution is 8.00. The number of sulfonamides is 1. The maximum Gasteiger partial charge on any atom is 0.309 e. The summed E-state index contributed by atoms with van der Waals surface area (Å²) in [5.41, 5.74) is 2.79. The fourth-order valence-corrected chi connectivity index (χ4v) is 9.02. The van der Waals surface area contributed by atoms with Gasteiger partial charge < -0.3 is 5.11 Å². The van der Waals surface area contributed by atoms with E-state index in [1.54, 1.807) is 24.3 Å². The van der Waals surface area contributed by atoms with Crippen LogP contribution in [-0.4, -0.2) is 35.1 Å². The first kappa shape index (κ1) is 26.5. The summed E-state index contributed by atoms with van der Waals surface area (Å²) >= 11 is 1.46. The molecule has 1 N–H and O–H groups in total. The molecule has 0 spiro atoms. The Balaban J connectivity index is 1.74. The quantitative estimate of drug-likeness (QED) is 0.275. The van der Waals surface area contributed by atoms with Crippen LogP contribution in [0.5, 0.6) is 0 Å². The molecule has 4 aromatic rings. The van der Waals surface area contributed by atoms with Gasteiger partial charge in [-0.15, -0.1) is 11.8 Å². The number of benzene rings is 4. The first-order valence-electron chi connectivity index (χ1n) is 12.8. The zero-order valence-electron chi connectivity index (χ0n) is 21.6. The number of carboxylic acid groups (broad SMARTS) is 1. The fourth-order valence-electron chi connectivity index (χ4n) is 5.54. The minimum atomic E-state index is -4.02. The Hall–Kier alpha value is -3.13. The zero-order valence-corrected chi connectivity index (χ0v) is 23.2. The predicted molar refractivity (Wildman–Crippen MR) is 153 cm³/mol. The highest BCUT2D eigenvalue weighted by Gasteiger charge is 2.57. The molecule has 4 aromatic carbocycles. The molecule has 0 amide bonds. The van der Waals surface area contributed by atoms with Gasteiger partial charge in [0.25, 0.3) is 0 Å². The summed E-state index contributed by atoms with van der Waals surface area (Å²) in [7, 11) is -4.02. The molecule has 196 valence electrons. The summed E-state index contributed by atoms with van der Waals surface area (Å²) in [6, 6.07) is 26.9. The molecule has 1 fully saturated rings. The molecule has 4 atom stereocenters. The molecule has 0 saturated carbocycles. The third-order valence-electron chi connectivity index (χ3n) is 7.41. The monoisotopic (exact) mass is 545 g/mol. The van der Waals surface area contributed by atoms with Gasteiger partial charge in [-0.2, -0.15) is 4.31 Å². The molecule has 0 radical (unpaired) electrons. The molecule has 1 aliphatic rings. The van der Waals surface area contributed by atoms with Crippen LogP contribution in [0.25, 0.3) is 10.8 Å². The number of thioether (sulfide) groups is 1. The molecular weight excluding hydrogens is 514 g/mol. The van der Waals surface area contributed by atoms with E-state index in [9.17, 15) is 18.3 Å². The summed E-state index contributed by atoms with van der Waals surface area (Å²) < 4.78 is 30.2.